The van der Waals surface area contributed by atoms with Gasteiger partial charge in [-0.15, -0.1) is 0 Å². The minimum Gasteiger partial charge on any atom is -0.485 e. The van der Waals surface area contributed by atoms with Crippen LogP contribution < -0.4 is 4.74 Å². The second-order valence-corrected chi connectivity index (χ2v) is 8.32. The molecule has 0 saturated heterocycles. The Morgan fingerprint density at radius 2 is 2.05 bits per heavy atom. The minimum absolute atomic E-state index is 0.0511. The number of ether oxygens (including phenoxy) is 1. The van der Waals surface area contributed by atoms with Crippen LogP contribution in [0.5, 0.6) is 5.75 Å². The molecule has 0 spiro atoms. The topological polar surface area (TPSA) is 9.23 Å². The van der Waals surface area contributed by atoms with Crippen LogP contribution in [-0.4, -0.2) is 10.9 Å². The SMILES string of the molecule is Cc1c(Br)cc2c(c1Br)OC1(CBr)CCC2(C)C1C. The van der Waals surface area contributed by atoms with Gasteiger partial charge in [-0.1, -0.05) is 45.7 Å². The van der Waals surface area contributed by atoms with Crippen LogP contribution in [0.15, 0.2) is 15.0 Å². The Bertz CT molecular complexity index is 557. The molecule has 1 nitrogen and oxygen atoms in total. The summed E-state index contributed by atoms with van der Waals surface area (Å²) in [5.74, 6) is 1.58. The van der Waals surface area contributed by atoms with Gasteiger partial charge in [0.15, 0.2) is 0 Å². The smallest absolute Gasteiger partial charge is 0.138 e. The molecule has 1 fully saturated rings. The fourth-order valence-corrected chi connectivity index (χ4v) is 5.70. The summed E-state index contributed by atoms with van der Waals surface area (Å²) in [5.41, 5.74) is 2.71. The van der Waals surface area contributed by atoms with E-state index in [2.05, 4.69) is 74.6 Å². The number of hydrogen-bond acceptors (Lipinski definition) is 1. The second-order valence-electron chi connectivity index (χ2n) is 6.11. The molecule has 1 aromatic carbocycles. The Labute approximate surface area is 139 Å². The van der Waals surface area contributed by atoms with Crippen molar-refractivity contribution in [1.29, 1.82) is 0 Å². The van der Waals surface area contributed by atoms with Crippen molar-refractivity contribution in [1.82, 2.24) is 0 Å². The molecule has 1 aliphatic heterocycles. The van der Waals surface area contributed by atoms with Crippen LogP contribution in [0.4, 0.5) is 0 Å². The average molecular weight is 453 g/mol. The Kier molecular flexibility index (Phi) is 3.39. The zero-order chi connectivity index (χ0) is 14.0. The van der Waals surface area contributed by atoms with E-state index in [-0.39, 0.29) is 11.0 Å². The summed E-state index contributed by atoms with van der Waals surface area (Å²) in [6.07, 6.45) is 2.31. The van der Waals surface area contributed by atoms with Gasteiger partial charge < -0.3 is 4.74 Å². The van der Waals surface area contributed by atoms with Gasteiger partial charge in [-0.25, -0.2) is 0 Å². The molecule has 0 amide bonds. The standard InChI is InChI=1S/C15H17Br3O/c1-8-11(17)6-10-13(12(8)18)19-15(7-16)5-4-14(10,3)9(15)2/h6,9H,4-5,7H2,1-3H3. The molecule has 0 aromatic heterocycles. The number of rotatable bonds is 1. The van der Waals surface area contributed by atoms with Crippen molar-refractivity contribution in [2.75, 3.05) is 5.33 Å². The Morgan fingerprint density at radius 1 is 1.37 bits per heavy atom. The van der Waals surface area contributed by atoms with Crippen LogP contribution in [0.3, 0.4) is 0 Å². The van der Waals surface area contributed by atoms with Crippen molar-refractivity contribution in [2.45, 2.75) is 44.6 Å². The highest BCUT2D eigenvalue weighted by atomic mass is 79.9. The van der Waals surface area contributed by atoms with Crippen molar-refractivity contribution in [3.05, 3.63) is 26.1 Å². The highest BCUT2D eigenvalue weighted by molar-refractivity contribution is 9.11. The molecule has 19 heavy (non-hydrogen) atoms. The second kappa shape index (κ2) is 4.48. The van der Waals surface area contributed by atoms with E-state index in [0.29, 0.717) is 5.92 Å². The maximum absolute atomic E-state index is 6.49. The maximum atomic E-state index is 6.49. The van der Waals surface area contributed by atoms with E-state index in [1.807, 2.05) is 0 Å². The molecule has 104 valence electrons. The fourth-order valence-electron chi connectivity index (χ4n) is 3.62. The lowest BCUT2D eigenvalue weighted by molar-refractivity contribution is 0.0262. The molecule has 1 aromatic rings. The largest absolute Gasteiger partial charge is 0.485 e. The van der Waals surface area contributed by atoms with Gasteiger partial charge in [0.1, 0.15) is 11.4 Å². The van der Waals surface area contributed by atoms with Crippen LogP contribution in [0.25, 0.3) is 0 Å². The van der Waals surface area contributed by atoms with Gasteiger partial charge in [0.25, 0.3) is 0 Å². The van der Waals surface area contributed by atoms with Gasteiger partial charge >= 0.3 is 0 Å². The predicted molar refractivity (Wildman–Crippen MR) is 89.5 cm³/mol. The van der Waals surface area contributed by atoms with Crippen LogP contribution in [0.2, 0.25) is 0 Å². The maximum Gasteiger partial charge on any atom is 0.138 e. The van der Waals surface area contributed by atoms with E-state index < -0.39 is 0 Å². The predicted octanol–water partition coefficient (Wildman–Crippen LogP) is 5.73. The number of alkyl halides is 1. The lowest BCUT2D eigenvalue weighted by Gasteiger charge is -2.45. The molecule has 1 saturated carbocycles. The van der Waals surface area contributed by atoms with E-state index >= 15 is 0 Å². The van der Waals surface area contributed by atoms with Crippen molar-refractivity contribution >= 4 is 47.8 Å². The quantitative estimate of drug-likeness (QED) is 0.494. The van der Waals surface area contributed by atoms with Crippen LogP contribution in [0.1, 0.15) is 37.8 Å². The first-order valence-electron chi connectivity index (χ1n) is 6.60. The number of hydrogen-bond donors (Lipinski definition) is 0. The van der Waals surface area contributed by atoms with Gasteiger partial charge in [-0.3, -0.25) is 0 Å². The molecule has 1 aliphatic carbocycles. The summed E-state index contributed by atoms with van der Waals surface area (Å²) in [6.45, 7) is 6.83. The van der Waals surface area contributed by atoms with E-state index in [1.165, 1.54) is 17.5 Å². The van der Waals surface area contributed by atoms with E-state index in [9.17, 15) is 0 Å². The Hall–Kier alpha value is 0.460. The van der Waals surface area contributed by atoms with Crippen LogP contribution in [-0.2, 0) is 5.41 Å². The van der Waals surface area contributed by atoms with Gasteiger partial charge in [-0.05, 0) is 47.3 Å². The Morgan fingerprint density at radius 3 is 2.68 bits per heavy atom. The minimum atomic E-state index is -0.0511. The van der Waals surface area contributed by atoms with Gasteiger partial charge in [-0.2, -0.15) is 0 Å². The summed E-state index contributed by atoms with van der Waals surface area (Å²) >= 11 is 11.1. The Balaban J connectivity index is 2.29. The zero-order valence-electron chi connectivity index (χ0n) is 11.3. The van der Waals surface area contributed by atoms with E-state index in [1.54, 1.807) is 0 Å². The van der Waals surface area contributed by atoms with E-state index in [0.717, 1.165) is 26.4 Å². The van der Waals surface area contributed by atoms with E-state index in [4.69, 9.17) is 4.74 Å². The monoisotopic (exact) mass is 450 g/mol. The van der Waals surface area contributed by atoms with Crippen LogP contribution >= 0.6 is 47.8 Å². The lowest BCUT2D eigenvalue weighted by atomic mass is 9.70. The van der Waals surface area contributed by atoms with Crippen molar-refractivity contribution in [3.63, 3.8) is 0 Å². The van der Waals surface area contributed by atoms with Gasteiger partial charge in [0.05, 0.1) is 4.47 Å². The normalized spacial score (nSPS) is 36.0. The number of halogens is 3. The van der Waals surface area contributed by atoms with Gasteiger partial charge in [0, 0.05) is 26.7 Å². The van der Waals surface area contributed by atoms with Crippen molar-refractivity contribution < 1.29 is 4.74 Å². The summed E-state index contributed by atoms with van der Waals surface area (Å²) in [6, 6.07) is 2.26. The van der Waals surface area contributed by atoms with Crippen molar-refractivity contribution in [3.8, 4) is 5.75 Å². The highest BCUT2D eigenvalue weighted by Gasteiger charge is 2.58. The third-order valence-corrected chi connectivity index (χ3v) is 8.09. The first-order valence-corrected chi connectivity index (χ1v) is 9.30. The molecular formula is C15H17Br3O. The first-order chi connectivity index (χ1) is 8.85. The summed E-state index contributed by atoms with van der Waals surface area (Å²) < 4.78 is 8.75. The summed E-state index contributed by atoms with van der Waals surface area (Å²) in [5, 5.41) is 0.901. The molecule has 0 radical (unpaired) electrons. The zero-order valence-corrected chi connectivity index (χ0v) is 16.1. The number of benzene rings is 1. The summed E-state index contributed by atoms with van der Waals surface area (Å²) in [4.78, 5) is 0. The number of fused-ring (bicyclic) bond motifs is 4. The third kappa shape index (κ3) is 1.75. The molecule has 2 aliphatic rings. The summed E-state index contributed by atoms with van der Waals surface area (Å²) in [7, 11) is 0. The van der Waals surface area contributed by atoms with Crippen molar-refractivity contribution in [2.24, 2.45) is 5.92 Å². The molecule has 3 unspecified atom stereocenters. The van der Waals surface area contributed by atoms with Gasteiger partial charge in [0.2, 0.25) is 0 Å². The lowest BCUT2D eigenvalue weighted by Crippen LogP contribution is -2.49. The van der Waals surface area contributed by atoms with Crippen LogP contribution in [0, 0.1) is 12.8 Å². The molecular weight excluding hydrogens is 436 g/mol. The molecule has 1 heterocycles. The highest BCUT2D eigenvalue weighted by Crippen LogP contribution is 2.61. The average Bonchev–Trinajstić information content (AvgIpc) is 2.57. The fraction of sp³-hybridized carbons (Fsp3) is 0.600. The molecule has 4 heteroatoms. The third-order valence-electron chi connectivity index (χ3n) is 5.36. The molecule has 2 bridgehead atoms. The molecule has 3 rings (SSSR count). The first kappa shape index (κ1) is 14.4. The molecule has 3 atom stereocenters. The molecule has 0 N–H and O–H groups in total.